The number of carbonyl (C=O) groups excluding carboxylic acids is 4. The standard InChI is InChI=1S/C42H71N5O8/c1-14-27(6)36(46(11)40(51)35(26(4)5)44-39(50)34(25(2)3)45-42(8,9)10)32(54-12)24-33(48)47-22-18-21-31(47)37(55-13)28(7)38(49)43-30(41(52)53)23-29-19-16-15-17-20-29/h15-17,19-20,25-28,30-32,34-37,45H,14,18,21-24H2,1-13H3,(H,43,49)(H,44,50)(H,52,53)/t27-,28+,30-,31-,32+,34-,35-,36-,37+/m0/s1. The van der Waals surface area contributed by atoms with Crippen molar-refractivity contribution in [3.63, 3.8) is 0 Å². The molecular formula is C42H71N5O8. The fraction of sp³-hybridized carbons (Fsp3) is 0.738. The molecule has 1 aromatic carbocycles. The number of amides is 4. The number of nitrogens with zero attached hydrogens (tertiary/aromatic N) is 2. The van der Waals surface area contributed by atoms with Gasteiger partial charge in [0, 0.05) is 39.8 Å². The van der Waals surface area contributed by atoms with Gasteiger partial charge < -0.3 is 40.3 Å². The van der Waals surface area contributed by atoms with Crippen LogP contribution in [0.1, 0.15) is 100 Å². The van der Waals surface area contributed by atoms with E-state index in [1.54, 1.807) is 30.9 Å². The molecule has 55 heavy (non-hydrogen) atoms. The summed E-state index contributed by atoms with van der Waals surface area (Å²) in [6.45, 7) is 19.9. The number of ether oxygens (including phenoxy) is 2. The van der Waals surface area contributed by atoms with Gasteiger partial charge in [-0.1, -0.05) is 85.2 Å². The first-order chi connectivity index (χ1) is 25.7. The van der Waals surface area contributed by atoms with Gasteiger partial charge in [-0.25, -0.2) is 4.79 Å². The Morgan fingerprint density at radius 3 is 2.00 bits per heavy atom. The van der Waals surface area contributed by atoms with Gasteiger partial charge in [0.2, 0.25) is 23.6 Å². The van der Waals surface area contributed by atoms with Gasteiger partial charge in [-0.2, -0.15) is 0 Å². The Balaban J connectivity index is 2.28. The zero-order valence-corrected chi connectivity index (χ0v) is 35.7. The normalized spacial score (nSPS) is 19.2. The molecule has 0 aliphatic carbocycles. The Labute approximate surface area is 330 Å². The van der Waals surface area contributed by atoms with Gasteiger partial charge in [-0.3, -0.25) is 19.2 Å². The van der Waals surface area contributed by atoms with Crippen molar-refractivity contribution in [2.45, 2.75) is 149 Å². The van der Waals surface area contributed by atoms with Gasteiger partial charge in [0.05, 0.1) is 42.7 Å². The van der Waals surface area contributed by atoms with Crippen molar-refractivity contribution in [3.05, 3.63) is 35.9 Å². The van der Waals surface area contributed by atoms with E-state index in [0.29, 0.717) is 25.8 Å². The molecule has 0 aromatic heterocycles. The van der Waals surface area contributed by atoms with Gasteiger partial charge in [0.15, 0.2) is 0 Å². The molecular weight excluding hydrogens is 702 g/mol. The van der Waals surface area contributed by atoms with E-state index >= 15 is 0 Å². The smallest absolute Gasteiger partial charge is 0.326 e. The largest absolute Gasteiger partial charge is 0.480 e. The van der Waals surface area contributed by atoms with Gasteiger partial charge in [0.1, 0.15) is 12.1 Å². The van der Waals surface area contributed by atoms with Crippen molar-refractivity contribution in [3.8, 4) is 0 Å². The number of carboxylic acid groups (broad SMARTS) is 1. The van der Waals surface area contributed by atoms with E-state index in [1.807, 2.05) is 92.6 Å². The summed E-state index contributed by atoms with van der Waals surface area (Å²) in [6.07, 6.45) is 0.790. The third-order valence-electron chi connectivity index (χ3n) is 10.9. The lowest BCUT2D eigenvalue weighted by Gasteiger charge is -2.41. The Bertz CT molecular complexity index is 1400. The van der Waals surface area contributed by atoms with E-state index in [0.717, 1.165) is 5.56 Å². The monoisotopic (exact) mass is 774 g/mol. The summed E-state index contributed by atoms with van der Waals surface area (Å²) >= 11 is 0. The van der Waals surface area contributed by atoms with Crippen LogP contribution in [-0.2, 0) is 39.9 Å². The molecule has 0 spiro atoms. The molecule has 1 heterocycles. The average Bonchev–Trinajstić information content (AvgIpc) is 3.61. The molecule has 1 aliphatic heterocycles. The topological polar surface area (TPSA) is 167 Å². The number of aliphatic carboxylic acids is 1. The van der Waals surface area contributed by atoms with E-state index in [2.05, 4.69) is 16.0 Å². The summed E-state index contributed by atoms with van der Waals surface area (Å²) < 4.78 is 11.9. The fourth-order valence-electron chi connectivity index (χ4n) is 7.64. The van der Waals surface area contributed by atoms with Crippen molar-refractivity contribution in [1.29, 1.82) is 0 Å². The molecule has 4 N–H and O–H groups in total. The first-order valence-electron chi connectivity index (χ1n) is 20.0. The lowest BCUT2D eigenvalue weighted by molar-refractivity contribution is -0.148. The molecule has 4 amide bonds. The van der Waals surface area contributed by atoms with Crippen LogP contribution in [0.25, 0.3) is 0 Å². The van der Waals surface area contributed by atoms with Crippen molar-refractivity contribution in [1.82, 2.24) is 25.8 Å². The summed E-state index contributed by atoms with van der Waals surface area (Å²) in [4.78, 5) is 71.1. The summed E-state index contributed by atoms with van der Waals surface area (Å²) in [5.41, 5.74) is 0.473. The first-order valence-corrected chi connectivity index (χ1v) is 20.0. The van der Waals surface area contributed by atoms with Crippen LogP contribution in [0.3, 0.4) is 0 Å². The molecule has 1 aromatic rings. The van der Waals surface area contributed by atoms with E-state index in [1.165, 1.54) is 7.11 Å². The van der Waals surface area contributed by atoms with Crippen LogP contribution in [0, 0.1) is 23.7 Å². The molecule has 13 nitrogen and oxygen atoms in total. The minimum Gasteiger partial charge on any atom is -0.480 e. The molecule has 0 unspecified atom stereocenters. The van der Waals surface area contributed by atoms with Gasteiger partial charge >= 0.3 is 5.97 Å². The van der Waals surface area contributed by atoms with Crippen LogP contribution in [0.2, 0.25) is 0 Å². The summed E-state index contributed by atoms with van der Waals surface area (Å²) in [5.74, 6) is -3.32. The Kier molecular flexibility index (Phi) is 18.8. The van der Waals surface area contributed by atoms with Crippen molar-refractivity contribution < 1.29 is 38.6 Å². The number of likely N-dealkylation sites (tertiary alicyclic amines) is 1. The zero-order chi connectivity index (χ0) is 41.8. The fourth-order valence-corrected chi connectivity index (χ4v) is 7.64. The van der Waals surface area contributed by atoms with Gasteiger partial charge in [0.25, 0.3) is 0 Å². The molecule has 1 fully saturated rings. The number of nitrogens with one attached hydrogen (secondary N) is 3. The van der Waals surface area contributed by atoms with Crippen molar-refractivity contribution >= 4 is 29.6 Å². The maximum absolute atomic E-state index is 14.3. The summed E-state index contributed by atoms with van der Waals surface area (Å²) in [7, 11) is 4.75. The molecule has 9 atom stereocenters. The van der Waals surface area contributed by atoms with Crippen LogP contribution < -0.4 is 16.0 Å². The highest BCUT2D eigenvalue weighted by atomic mass is 16.5. The van der Waals surface area contributed by atoms with Crippen LogP contribution in [0.4, 0.5) is 0 Å². The quantitative estimate of drug-likeness (QED) is 0.143. The zero-order valence-electron chi connectivity index (χ0n) is 35.7. The molecule has 13 heteroatoms. The second-order valence-electron chi connectivity index (χ2n) is 17.0. The van der Waals surface area contributed by atoms with E-state index < -0.39 is 60.2 Å². The number of carbonyl (C=O) groups is 5. The molecule has 312 valence electrons. The third kappa shape index (κ3) is 13.6. The number of methoxy groups -OCH3 is 2. The van der Waals surface area contributed by atoms with Crippen LogP contribution in [0.15, 0.2) is 30.3 Å². The predicted octanol–water partition coefficient (Wildman–Crippen LogP) is 4.27. The maximum Gasteiger partial charge on any atom is 0.326 e. The molecule has 1 saturated heterocycles. The highest BCUT2D eigenvalue weighted by Crippen LogP contribution is 2.30. The predicted molar refractivity (Wildman–Crippen MR) is 214 cm³/mol. The first kappa shape index (κ1) is 47.6. The molecule has 0 saturated carbocycles. The highest BCUT2D eigenvalue weighted by molar-refractivity contribution is 5.90. The van der Waals surface area contributed by atoms with E-state index in [-0.39, 0.29) is 53.9 Å². The van der Waals surface area contributed by atoms with E-state index in [9.17, 15) is 29.1 Å². The Morgan fingerprint density at radius 2 is 1.51 bits per heavy atom. The third-order valence-corrected chi connectivity index (χ3v) is 10.9. The maximum atomic E-state index is 14.3. The number of benzene rings is 1. The SMILES string of the molecule is CC[C@H](C)[C@@H]([C@@H](CC(=O)N1CCC[C@H]1[C@H](OC)[C@@H](C)C(=O)N[C@@H](Cc1ccccc1)C(=O)O)OC)N(C)C(=O)[C@@H](NC(=O)[C@@H](NC(C)(C)C)C(C)C)C(C)C. The number of likely N-dealkylation sites (N-methyl/N-ethyl adjacent to an activating group) is 1. The summed E-state index contributed by atoms with van der Waals surface area (Å²) in [5, 5.41) is 19.0. The minimum atomic E-state index is -1.14. The molecule has 0 radical (unpaired) electrons. The Morgan fingerprint density at radius 1 is 0.909 bits per heavy atom. The molecule has 0 bridgehead atoms. The number of hydrogen-bond donors (Lipinski definition) is 4. The number of rotatable bonds is 21. The Hall–Kier alpha value is -3.55. The number of hydrogen-bond acceptors (Lipinski definition) is 8. The summed E-state index contributed by atoms with van der Waals surface area (Å²) in [6, 6.07) is 5.76. The second kappa shape index (κ2) is 21.7. The average molecular weight is 774 g/mol. The lowest BCUT2D eigenvalue weighted by Crippen LogP contribution is -2.61. The van der Waals surface area contributed by atoms with Crippen molar-refractivity contribution in [2.75, 3.05) is 27.8 Å². The molecule has 1 aliphatic rings. The van der Waals surface area contributed by atoms with Gasteiger partial charge in [-0.05, 0) is 56.9 Å². The molecule has 2 rings (SSSR count). The number of carboxylic acids is 1. The van der Waals surface area contributed by atoms with Crippen LogP contribution in [0.5, 0.6) is 0 Å². The van der Waals surface area contributed by atoms with Gasteiger partial charge in [-0.15, -0.1) is 0 Å². The van der Waals surface area contributed by atoms with E-state index in [4.69, 9.17) is 9.47 Å². The highest BCUT2D eigenvalue weighted by Gasteiger charge is 2.43. The van der Waals surface area contributed by atoms with Crippen molar-refractivity contribution in [2.24, 2.45) is 23.7 Å². The van der Waals surface area contributed by atoms with Crippen LogP contribution in [-0.4, -0.2) is 120 Å². The lowest BCUT2D eigenvalue weighted by atomic mass is 9.89. The van der Waals surface area contributed by atoms with Crippen LogP contribution >= 0.6 is 0 Å². The minimum absolute atomic E-state index is 0.0117. The second-order valence-corrected chi connectivity index (χ2v) is 17.0.